The monoisotopic (exact) mass is 352 g/mol. The fraction of sp³-hybridized carbons (Fsp3) is 0.333. The van der Waals surface area contributed by atoms with Gasteiger partial charge in [0.1, 0.15) is 6.04 Å². The lowest BCUT2D eigenvalue weighted by Crippen LogP contribution is -2.43. The molecular formula is C21H24N2O3. The number of benzene rings is 2. The van der Waals surface area contributed by atoms with E-state index in [0.29, 0.717) is 12.0 Å². The number of anilines is 2. The third kappa shape index (κ3) is 3.29. The number of fused-ring (bicyclic) bond motifs is 1. The van der Waals surface area contributed by atoms with Gasteiger partial charge in [-0.1, -0.05) is 25.1 Å². The molecule has 2 aromatic carbocycles. The van der Waals surface area contributed by atoms with Crippen LogP contribution >= 0.6 is 0 Å². The molecule has 0 aliphatic carbocycles. The molecule has 5 heteroatoms. The zero-order valence-electron chi connectivity index (χ0n) is 15.4. The van der Waals surface area contributed by atoms with Crippen molar-refractivity contribution in [3.63, 3.8) is 0 Å². The lowest BCUT2D eigenvalue weighted by molar-refractivity contribution is -0.141. The molecule has 3 rings (SSSR count). The Morgan fingerprint density at radius 1 is 1.15 bits per heavy atom. The van der Waals surface area contributed by atoms with Gasteiger partial charge >= 0.3 is 5.97 Å². The highest BCUT2D eigenvalue weighted by Crippen LogP contribution is 2.34. The summed E-state index contributed by atoms with van der Waals surface area (Å²) in [5.74, 6) is -0.580. The lowest BCUT2D eigenvalue weighted by Gasteiger charge is -2.24. The molecule has 0 aromatic heterocycles. The summed E-state index contributed by atoms with van der Waals surface area (Å²) in [5, 5.41) is 0. The maximum atomic E-state index is 13.2. The van der Waals surface area contributed by atoms with E-state index >= 15 is 0 Å². The van der Waals surface area contributed by atoms with E-state index < -0.39 is 12.0 Å². The predicted octanol–water partition coefficient (Wildman–Crippen LogP) is 3.28. The molecule has 0 saturated heterocycles. The van der Waals surface area contributed by atoms with E-state index in [1.165, 1.54) is 7.11 Å². The third-order valence-corrected chi connectivity index (χ3v) is 4.78. The Hall–Kier alpha value is -2.82. The van der Waals surface area contributed by atoms with Crippen molar-refractivity contribution in [2.45, 2.75) is 25.8 Å². The predicted molar refractivity (Wildman–Crippen MR) is 103 cm³/mol. The molecule has 1 heterocycles. The van der Waals surface area contributed by atoms with E-state index in [0.717, 1.165) is 29.9 Å². The molecule has 26 heavy (non-hydrogen) atoms. The minimum Gasteiger partial charge on any atom is -0.467 e. The number of hydrogen-bond donors (Lipinski definition) is 0. The Labute approximate surface area is 154 Å². The first-order valence-electron chi connectivity index (χ1n) is 8.87. The Bertz CT molecular complexity index is 801. The summed E-state index contributed by atoms with van der Waals surface area (Å²) in [7, 11) is 3.39. The average Bonchev–Trinajstić information content (AvgIpc) is 3.06. The summed E-state index contributed by atoms with van der Waals surface area (Å²) in [6, 6.07) is 14.5. The summed E-state index contributed by atoms with van der Waals surface area (Å²) >= 11 is 0. The molecule has 1 atom stereocenters. The van der Waals surface area contributed by atoms with Crippen LogP contribution in [0.15, 0.2) is 48.5 Å². The zero-order chi connectivity index (χ0) is 18.7. The number of hydrogen-bond acceptors (Lipinski definition) is 4. The van der Waals surface area contributed by atoms with E-state index in [2.05, 4.69) is 11.8 Å². The summed E-state index contributed by atoms with van der Waals surface area (Å²) in [6.45, 7) is 3.09. The molecule has 1 unspecified atom stereocenters. The number of carbonyl (C=O) groups excluding carboxylic acids is 2. The zero-order valence-corrected chi connectivity index (χ0v) is 15.4. The number of para-hydroxylation sites is 1. The van der Waals surface area contributed by atoms with Crippen LogP contribution in [0, 0.1) is 0 Å². The van der Waals surface area contributed by atoms with Crippen LogP contribution in [0.3, 0.4) is 0 Å². The highest BCUT2D eigenvalue weighted by molar-refractivity contribution is 6.11. The van der Waals surface area contributed by atoms with Crippen LogP contribution < -0.4 is 9.80 Å². The summed E-state index contributed by atoms with van der Waals surface area (Å²) in [6.07, 6.45) is 1.54. The third-order valence-electron chi connectivity index (χ3n) is 4.78. The Morgan fingerprint density at radius 3 is 2.50 bits per heavy atom. The topological polar surface area (TPSA) is 49.9 Å². The van der Waals surface area contributed by atoms with Gasteiger partial charge in [-0.3, -0.25) is 9.69 Å². The second-order valence-corrected chi connectivity index (χ2v) is 6.52. The van der Waals surface area contributed by atoms with E-state index in [1.54, 1.807) is 4.90 Å². The van der Waals surface area contributed by atoms with Gasteiger partial charge in [0.15, 0.2) is 0 Å². The highest BCUT2D eigenvalue weighted by Gasteiger charge is 2.39. The van der Waals surface area contributed by atoms with Crippen molar-refractivity contribution in [2.75, 3.05) is 30.5 Å². The standard InChI is InChI=1S/C21H24N2O3/c1-4-13-22(2)17-11-9-15(10-12-17)20(24)23-18-8-6-5-7-16(18)14-19(23)21(25)26-3/h5-12,19H,4,13-14H2,1-3H3. The molecule has 0 bridgehead atoms. The number of carbonyl (C=O) groups is 2. The number of esters is 1. The Kier molecular flexibility index (Phi) is 5.26. The van der Waals surface area contributed by atoms with Crippen LogP contribution in [-0.4, -0.2) is 38.6 Å². The van der Waals surface area contributed by atoms with Crippen LogP contribution in [0.4, 0.5) is 11.4 Å². The van der Waals surface area contributed by atoms with Gasteiger partial charge in [-0.05, 0) is 42.3 Å². The summed E-state index contributed by atoms with van der Waals surface area (Å²) in [5.41, 5.74) is 3.38. The minimum absolute atomic E-state index is 0.185. The smallest absolute Gasteiger partial charge is 0.329 e. The molecule has 0 fully saturated rings. The molecule has 2 aromatic rings. The average molecular weight is 352 g/mol. The molecule has 0 spiro atoms. The summed E-state index contributed by atoms with van der Waals surface area (Å²) < 4.78 is 4.92. The second kappa shape index (κ2) is 7.60. The highest BCUT2D eigenvalue weighted by atomic mass is 16.5. The number of nitrogens with zero attached hydrogens (tertiary/aromatic N) is 2. The molecule has 1 aliphatic heterocycles. The SMILES string of the molecule is CCCN(C)c1ccc(C(=O)N2c3ccccc3CC2C(=O)OC)cc1. The second-order valence-electron chi connectivity index (χ2n) is 6.52. The van der Waals surface area contributed by atoms with Gasteiger partial charge in [0, 0.05) is 37.0 Å². The number of amides is 1. The normalized spacial score (nSPS) is 15.5. The molecule has 0 N–H and O–H groups in total. The molecule has 5 nitrogen and oxygen atoms in total. The first-order chi connectivity index (χ1) is 12.6. The molecule has 136 valence electrons. The van der Waals surface area contributed by atoms with Gasteiger partial charge in [-0.25, -0.2) is 4.79 Å². The molecule has 0 saturated carbocycles. The van der Waals surface area contributed by atoms with Crippen molar-refractivity contribution in [2.24, 2.45) is 0 Å². The van der Waals surface area contributed by atoms with Gasteiger partial charge in [0.2, 0.25) is 0 Å². The maximum Gasteiger partial charge on any atom is 0.329 e. The van der Waals surface area contributed by atoms with Crippen LogP contribution in [-0.2, 0) is 16.0 Å². The summed E-state index contributed by atoms with van der Waals surface area (Å²) in [4.78, 5) is 29.1. The molecular weight excluding hydrogens is 328 g/mol. The van der Waals surface area contributed by atoms with Gasteiger partial charge in [-0.2, -0.15) is 0 Å². The van der Waals surface area contributed by atoms with Crippen molar-refractivity contribution < 1.29 is 14.3 Å². The molecule has 0 radical (unpaired) electrons. The van der Waals surface area contributed by atoms with Crippen LogP contribution in [0.1, 0.15) is 29.3 Å². The van der Waals surface area contributed by atoms with E-state index in [4.69, 9.17) is 4.74 Å². The minimum atomic E-state index is -0.618. The number of methoxy groups -OCH3 is 1. The first-order valence-corrected chi connectivity index (χ1v) is 8.87. The van der Waals surface area contributed by atoms with E-state index in [9.17, 15) is 9.59 Å². The number of rotatable bonds is 5. The Morgan fingerprint density at radius 2 is 1.85 bits per heavy atom. The lowest BCUT2D eigenvalue weighted by atomic mass is 10.1. The first kappa shape index (κ1) is 18.0. The fourth-order valence-electron chi connectivity index (χ4n) is 3.42. The van der Waals surface area contributed by atoms with E-state index in [-0.39, 0.29) is 5.91 Å². The van der Waals surface area contributed by atoms with Gasteiger partial charge in [-0.15, -0.1) is 0 Å². The van der Waals surface area contributed by atoms with E-state index in [1.807, 2.05) is 55.6 Å². The Balaban J connectivity index is 1.90. The fourth-order valence-corrected chi connectivity index (χ4v) is 3.42. The van der Waals surface area contributed by atoms with Gasteiger partial charge in [0.05, 0.1) is 7.11 Å². The maximum absolute atomic E-state index is 13.2. The van der Waals surface area contributed by atoms with Crippen LogP contribution in [0.2, 0.25) is 0 Å². The van der Waals surface area contributed by atoms with Gasteiger partial charge in [0.25, 0.3) is 5.91 Å². The van der Waals surface area contributed by atoms with Crippen LogP contribution in [0.5, 0.6) is 0 Å². The van der Waals surface area contributed by atoms with Crippen molar-refractivity contribution >= 4 is 23.3 Å². The van der Waals surface area contributed by atoms with Crippen molar-refractivity contribution in [3.8, 4) is 0 Å². The van der Waals surface area contributed by atoms with Crippen molar-refractivity contribution in [1.29, 1.82) is 0 Å². The largest absolute Gasteiger partial charge is 0.467 e. The molecule has 1 aliphatic rings. The molecule has 1 amide bonds. The van der Waals surface area contributed by atoms with Crippen molar-refractivity contribution in [1.82, 2.24) is 0 Å². The quantitative estimate of drug-likeness (QED) is 0.775. The van der Waals surface area contributed by atoms with Crippen LogP contribution in [0.25, 0.3) is 0 Å². The van der Waals surface area contributed by atoms with Gasteiger partial charge < -0.3 is 9.64 Å². The van der Waals surface area contributed by atoms with Crippen molar-refractivity contribution in [3.05, 3.63) is 59.7 Å². The number of ether oxygens (including phenoxy) is 1.